The number of carbonyl (C=O) groups is 1. The van der Waals surface area contributed by atoms with Gasteiger partial charge in [0, 0.05) is 25.2 Å². The van der Waals surface area contributed by atoms with Crippen LogP contribution in [0.2, 0.25) is 0 Å². The summed E-state index contributed by atoms with van der Waals surface area (Å²) in [7, 11) is 3.31. The van der Waals surface area contributed by atoms with Crippen molar-refractivity contribution < 1.29 is 23.4 Å². The zero-order valence-electron chi connectivity index (χ0n) is 21.0. The van der Waals surface area contributed by atoms with E-state index in [1.54, 1.807) is 20.5 Å². The third-order valence-electron chi connectivity index (χ3n) is 6.61. The average molecular weight is 479 g/mol. The fourth-order valence-electron chi connectivity index (χ4n) is 4.63. The molecule has 0 N–H and O–H groups in total. The lowest BCUT2D eigenvalue weighted by Gasteiger charge is -2.37. The highest BCUT2D eigenvalue weighted by molar-refractivity contribution is 5.94. The first-order valence-corrected chi connectivity index (χ1v) is 12.1. The van der Waals surface area contributed by atoms with Crippen LogP contribution in [0.1, 0.15) is 47.1 Å². The molecule has 3 aromatic rings. The third kappa shape index (κ3) is 5.46. The molecule has 1 aliphatic rings. The second-order valence-electron chi connectivity index (χ2n) is 8.53. The number of amides is 1. The number of benzene rings is 2. The fraction of sp³-hybridized carbons (Fsp3) is 0.393. The summed E-state index contributed by atoms with van der Waals surface area (Å²) in [5.41, 5.74) is 3.06. The molecule has 1 amide bonds. The molecular weight excluding hydrogens is 444 g/mol. The van der Waals surface area contributed by atoms with Gasteiger partial charge in [0.2, 0.25) is 0 Å². The molecule has 0 aliphatic carbocycles. The highest BCUT2D eigenvalue weighted by Gasteiger charge is 2.30. The smallest absolute Gasteiger partial charge is 0.253 e. The molecule has 0 saturated heterocycles. The van der Waals surface area contributed by atoms with E-state index in [0.717, 1.165) is 35.8 Å². The van der Waals surface area contributed by atoms with Gasteiger partial charge in [0.15, 0.2) is 11.5 Å². The van der Waals surface area contributed by atoms with Crippen LogP contribution in [0.3, 0.4) is 0 Å². The molecule has 7 heteroatoms. The van der Waals surface area contributed by atoms with Gasteiger partial charge in [-0.1, -0.05) is 0 Å². The van der Waals surface area contributed by atoms with Crippen LogP contribution in [0.25, 0.3) is 0 Å². The van der Waals surface area contributed by atoms with Crippen molar-refractivity contribution in [2.75, 3.05) is 40.5 Å². The first-order chi connectivity index (χ1) is 17.1. The zero-order valence-corrected chi connectivity index (χ0v) is 21.0. The van der Waals surface area contributed by atoms with Crippen molar-refractivity contribution in [3.63, 3.8) is 0 Å². The Morgan fingerprint density at radius 1 is 1.06 bits per heavy atom. The number of hydrogen-bond acceptors (Lipinski definition) is 6. The number of fused-ring (bicyclic) bond motifs is 1. The van der Waals surface area contributed by atoms with Crippen molar-refractivity contribution in [2.45, 2.75) is 32.9 Å². The summed E-state index contributed by atoms with van der Waals surface area (Å²) in [6.45, 7) is 7.36. The van der Waals surface area contributed by atoms with E-state index in [-0.39, 0.29) is 11.9 Å². The second-order valence-corrected chi connectivity index (χ2v) is 8.53. The highest BCUT2D eigenvalue weighted by atomic mass is 16.5. The van der Waals surface area contributed by atoms with Crippen LogP contribution in [-0.2, 0) is 13.0 Å². The maximum absolute atomic E-state index is 12.6. The first-order valence-electron chi connectivity index (χ1n) is 12.1. The molecule has 1 unspecified atom stereocenters. The minimum absolute atomic E-state index is 0.000592. The molecule has 1 atom stereocenters. The van der Waals surface area contributed by atoms with E-state index in [0.29, 0.717) is 37.6 Å². The van der Waals surface area contributed by atoms with Crippen molar-refractivity contribution >= 4 is 5.91 Å². The minimum Gasteiger partial charge on any atom is -0.493 e. The van der Waals surface area contributed by atoms with Gasteiger partial charge in [-0.25, -0.2) is 0 Å². The van der Waals surface area contributed by atoms with E-state index in [4.69, 9.17) is 18.6 Å². The summed E-state index contributed by atoms with van der Waals surface area (Å²) in [6, 6.07) is 15.4. The monoisotopic (exact) mass is 478 g/mol. The Labute approximate surface area is 207 Å². The number of methoxy groups -OCH3 is 2. The van der Waals surface area contributed by atoms with E-state index in [1.807, 2.05) is 55.1 Å². The van der Waals surface area contributed by atoms with Crippen LogP contribution in [-0.4, -0.2) is 56.2 Å². The number of hydrogen-bond donors (Lipinski definition) is 0. The van der Waals surface area contributed by atoms with Crippen molar-refractivity contribution in [1.29, 1.82) is 0 Å². The second kappa shape index (κ2) is 11.3. The summed E-state index contributed by atoms with van der Waals surface area (Å²) < 4.78 is 23.0. The van der Waals surface area contributed by atoms with Crippen LogP contribution in [0.15, 0.2) is 59.2 Å². The molecular formula is C28H34N2O5. The van der Waals surface area contributed by atoms with Gasteiger partial charge in [0.05, 0.1) is 33.1 Å². The van der Waals surface area contributed by atoms with E-state index in [2.05, 4.69) is 17.0 Å². The van der Waals surface area contributed by atoms with Gasteiger partial charge < -0.3 is 23.5 Å². The van der Waals surface area contributed by atoms with Crippen LogP contribution < -0.4 is 14.2 Å². The number of rotatable bonds is 10. The molecule has 2 heterocycles. The molecule has 35 heavy (non-hydrogen) atoms. The lowest BCUT2D eigenvalue weighted by molar-refractivity contribution is 0.0773. The summed E-state index contributed by atoms with van der Waals surface area (Å²) in [5, 5.41) is 0. The van der Waals surface area contributed by atoms with E-state index in [1.165, 1.54) is 5.56 Å². The van der Waals surface area contributed by atoms with Crippen molar-refractivity contribution in [2.24, 2.45) is 0 Å². The Morgan fingerprint density at radius 3 is 2.40 bits per heavy atom. The summed E-state index contributed by atoms with van der Waals surface area (Å²) >= 11 is 0. The van der Waals surface area contributed by atoms with Crippen molar-refractivity contribution in [3.05, 3.63) is 77.2 Å². The molecule has 0 spiro atoms. The average Bonchev–Trinajstić information content (AvgIpc) is 3.41. The van der Waals surface area contributed by atoms with Gasteiger partial charge in [0.25, 0.3) is 5.91 Å². The molecule has 186 valence electrons. The van der Waals surface area contributed by atoms with Gasteiger partial charge in [-0.3, -0.25) is 9.69 Å². The highest BCUT2D eigenvalue weighted by Crippen LogP contribution is 2.39. The zero-order chi connectivity index (χ0) is 24.8. The SMILES string of the molecule is CCN(CC)C(=O)c1ccc(OCC2c3cc(OC)c(OC)cc3CCN2Cc2ccco2)cc1. The largest absolute Gasteiger partial charge is 0.493 e. The Kier molecular flexibility index (Phi) is 7.98. The maximum Gasteiger partial charge on any atom is 0.253 e. The summed E-state index contributed by atoms with van der Waals surface area (Å²) in [5.74, 6) is 3.12. The normalized spacial score (nSPS) is 15.4. The lowest BCUT2D eigenvalue weighted by Crippen LogP contribution is -2.38. The van der Waals surface area contributed by atoms with Gasteiger partial charge in [0.1, 0.15) is 18.1 Å². The maximum atomic E-state index is 12.6. The molecule has 1 aromatic heterocycles. The lowest BCUT2D eigenvalue weighted by atomic mass is 9.92. The predicted molar refractivity (Wildman–Crippen MR) is 134 cm³/mol. The number of furan rings is 1. The van der Waals surface area contributed by atoms with Crippen LogP contribution in [0.4, 0.5) is 0 Å². The molecule has 0 bridgehead atoms. The molecule has 7 nitrogen and oxygen atoms in total. The quantitative estimate of drug-likeness (QED) is 0.411. The minimum atomic E-state index is 0.000592. The predicted octanol–water partition coefficient (Wildman–Crippen LogP) is 4.96. The topological polar surface area (TPSA) is 64.4 Å². The molecule has 1 aliphatic heterocycles. The fourth-order valence-corrected chi connectivity index (χ4v) is 4.63. The summed E-state index contributed by atoms with van der Waals surface area (Å²) in [6.07, 6.45) is 2.60. The van der Waals surface area contributed by atoms with Crippen LogP contribution >= 0.6 is 0 Å². The Balaban J connectivity index is 1.56. The van der Waals surface area contributed by atoms with E-state index < -0.39 is 0 Å². The standard InChI is InChI=1S/C28H34N2O5/c1-5-29(6-2)28(31)20-9-11-22(12-10-20)35-19-25-24-17-27(33-4)26(32-3)16-21(24)13-14-30(25)18-23-8-7-15-34-23/h7-12,15-17,25H,5-6,13-14,18-19H2,1-4H3. The molecule has 4 rings (SSSR count). The van der Waals surface area contributed by atoms with Gasteiger partial charge >= 0.3 is 0 Å². The Bertz CT molecular complexity index is 1110. The van der Waals surface area contributed by atoms with Gasteiger partial charge in [-0.05, 0) is 79.9 Å². The first kappa shape index (κ1) is 24.7. The Hall–Kier alpha value is -3.45. The Morgan fingerprint density at radius 2 is 1.77 bits per heavy atom. The van der Waals surface area contributed by atoms with Crippen molar-refractivity contribution in [3.8, 4) is 17.2 Å². The summed E-state index contributed by atoms with van der Waals surface area (Å²) in [4.78, 5) is 16.8. The molecule has 0 saturated carbocycles. The molecule has 0 radical (unpaired) electrons. The third-order valence-corrected chi connectivity index (χ3v) is 6.61. The van der Waals surface area contributed by atoms with E-state index in [9.17, 15) is 4.79 Å². The van der Waals surface area contributed by atoms with Crippen LogP contribution in [0.5, 0.6) is 17.2 Å². The van der Waals surface area contributed by atoms with Gasteiger partial charge in [-0.2, -0.15) is 0 Å². The number of ether oxygens (including phenoxy) is 3. The van der Waals surface area contributed by atoms with E-state index >= 15 is 0 Å². The number of carbonyl (C=O) groups excluding carboxylic acids is 1. The molecule has 0 fully saturated rings. The van der Waals surface area contributed by atoms with Crippen LogP contribution in [0, 0.1) is 0 Å². The van der Waals surface area contributed by atoms with Crippen molar-refractivity contribution in [1.82, 2.24) is 9.80 Å². The molecule has 2 aromatic carbocycles. The van der Waals surface area contributed by atoms with Gasteiger partial charge in [-0.15, -0.1) is 0 Å². The number of nitrogens with zero attached hydrogens (tertiary/aromatic N) is 2.